The van der Waals surface area contributed by atoms with Crippen LogP contribution in [0.2, 0.25) is 0 Å². The second-order valence-corrected chi connectivity index (χ2v) is 3.17. The highest BCUT2D eigenvalue weighted by Crippen LogP contribution is 2.02. The number of benzene rings is 1. The van der Waals surface area contributed by atoms with Crippen molar-refractivity contribution in [3.05, 3.63) is 35.4 Å². The lowest BCUT2D eigenvalue weighted by Crippen LogP contribution is -2.08. The normalized spacial score (nSPS) is 9.13. The van der Waals surface area contributed by atoms with Gasteiger partial charge in [-0.15, -0.1) is 0 Å². The summed E-state index contributed by atoms with van der Waals surface area (Å²) in [6, 6.07) is 7.87. The number of rotatable bonds is 3. The van der Waals surface area contributed by atoms with Gasteiger partial charge in [-0.05, 0) is 24.7 Å². The van der Waals surface area contributed by atoms with Crippen LogP contribution in [0.1, 0.15) is 17.5 Å². The Balaban J connectivity index is 2.62. The molecule has 0 heterocycles. The lowest BCUT2D eigenvalue weighted by molar-refractivity contribution is -0.117. The van der Waals surface area contributed by atoms with Crippen molar-refractivity contribution in [1.82, 2.24) is 5.32 Å². The molecule has 15 heavy (non-hydrogen) atoms. The van der Waals surface area contributed by atoms with Crippen molar-refractivity contribution >= 4 is 5.91 Å². The first kappa shape index (κ1) is 11.3. The van der Waals surface area contributed by atoms with Gasteiger partial charge in [0, 0.05) is 12.1 Å². The lowest BCUT2D eigenvalue weighted by atomic mass is 10.1. The van der Waals surface area contributed by atoms with Crippen molar-refractivity contribution in [3.63, 3.8) is 0 Å². The van der Waals surface area contributed by atoms with E-state index in [2.05, 4.69) is 17.2 Å². The molecule has 3 nitrogen and oxygen atoms in total. The lowest BCUT2D eigenvalue weighted by Gasteiger charge is -1.98. The predicted molar refractivity (Wildman–Crippen MR) is 59.9 cm³/mol. The van der Waals surface area contributed by atoms with Crippen LogP contribution < -0.4 is 11.1 Å². The standard InChI is InChI=1S/C12H14N2O/c1-14-9-11-7-5-10(6-8-11)3-2-4-12(13)15/h5-8,14H,4,9H2,1H3,(H2,13,15). The largest absolute Gasteiger partial charge is 0.369 e. The maximum atomic E-state index is 10.4. The Morgan fingerprint density at radius 1 is 1.40 bits per heavy atom. The second kappa shape index (κ2) is 5.84. The topological polar surface area (TPSA) is 55.1 Å². The van der Waals surface area contributed by atoms with Crippen LogP contribution in [0.25, 0.3) is 0 Å². The zero-order chi connectivity index (χ0) is 11.1. The first-order valence-corrected chi connectivity index (χ1v) is 4.73. The van der Waals surface area contributed by atoms with Crippen LogP contribution in [-0.4, -0.2) is 13.0 Å². The summed E-state index contributed by atoms with van der Waals surface area (Å²) in [7, 11) is 1.90. The summed E-state index contributed by atoms with van der Waals surface area (Å²) >= 11 is 0. The Kier molecular flexibility index (Phi) is 4.39. The predicted octanol–water partition coefficient (Wildman–Crippen LogP) is 0.633. The average molecular weight is 202 g/mol. The zero-order valence-electron chi connectivity index (χ0n) is 8.71. The van der Waals surface area contributed by atoms with E-state index < -0.39 is 5.91 Å². The number of carbonyl (C=O) groups excluding carboxylic acids is 1. The fraction of sp³-hybridized carbons (Fsp3) is 0.250. The Hall–Kier alpha value is -1.79. The second-order valence-electron chi connectivity index (χ2n) is 3.17. The van der Waals surface area contributed by atoms with Crippen molar-refractivity contribution in [2.45, 2.75) is 13.0 Å². The van der Waals surface area contributed by atoms with Gasteiger partial charge in [-0.25, -0.2) is 0 Å². The summed E-state index contributed by atoms with van der Waals surface area (Å²) in [5, 5.41) is 3.06. The van der Waals surface area contributed by atoms with Crippen molar-refractivity contribution in [2.75, 3.05) is 7.05 Å². The molecule has 3 heteroatoms. The van der Waals surface area contributed by atoms with Gasteiger partial charge in [0.15, 0.2) is 0 Å². The average Bonchev–Trinajstić information content (AvgIpc) is 2.20. The Bertz CT molecular complexity index is 384. The van der Waals surface area contributed by atoms with Gasteiger partial charge in [-0.3, -0.25) is 4.79 Å². The van der Waals surface area contributed by atoms with Gasteiger partial charge in [0.1, 0.15) is 0 Å². The van der Waals surface area contributed by atoms with Crippen LogP contribution in [0.15, 0.2) is 24.3 Å². The van der Waals surface area contributed by atoms with Crippen molar-refractivity contribution in [1.29, 1.82) is 0 Å². The molecule has 0 aliphatic rings. The molecule has 0 unspecified atom stereocenters. The quantitative estimate of drug-likeness (QED) is 0.706. The molecule has 0 aliphatic heterocycles. The van der Waals surface area contributed by atoms with Crippen molar-refractivity contribution < 1.29 is 4.79 Å². The highest BCUT2D eigenvalue weighted by molar-refractivity contribution is 5.76. The highest BCUT2D eigenvalue weighted by Gasteiger charge is 1.91. The summed E-state index contributed by atoms with van der Waals surface area (Å²) in [6.45, 7) is 0.842. The SMILES string of the molecule is CNCc1ccc(C#CCC(N)=O)cc1. The molecule has 0 bridgehead atoms. The van der Waals surface area contributed by atoms with E-state index in [9.17, 15) is 4.79 Å². The number of nitrogens with two attached hydrogens (primary N) is 1. The first-order valence-electron chi connectivity index (χ1n) is 4.73. The Morgan fingerprint density at radius 3 is 2.60 bits per heavy atom. The molecule has 1 amide bonds. The van der Waals surface area contributed by atoms with E-state index in [4.69, 9.17) is 5.73 Å². The maximum absolute atomic E-state index is 10.4. The molecule has 78 valence electrons. The number of primary amides is 1. The molecule has 0 saturated heterocycles. The van der Waals surface area contributed by atoms with E-state index in [1.165, 1.54) is 5.56 Å². The monoisotopic (exact) mass is 202 g/mol. The van der Waals surface area contributed by atoms with Gasteiger partial charge in [-0.2, -0.15) is 0 Å². The van der Waals surface area contributed by atoms with Crippen molar-refractivity contribution in [2.24, 2.45) is 5.73 Å². The molecule has 0 atom stereocenters. The van der Waals surface area contributed by atoms with Crippen LogP contribution >= 0.6 is 0 Å². The molecule has 1 rings (SSSR count). The van der Waals surface area contributed by atoms with E-state index in [1.807, 2.05) is 31.3 Å². The summed E-state index contributed by atoms with van der Waals surface area (Å²) < 4.78 is 0. The third-order valence-corrected chi connectivity index (χ3v) is 1.83. The van der Waals surface area contributed by atoms with Gasteiger partial charge in [0.25, 0.3) is 0 Å². The van der Waals surface area contributed by atoms with Crippen LogP contribution in [0, 0.1) is 11.8 Å². The van der Waals surface area contributed by atoms with Crippen LogP contribution in [0.3, 0.4) is 0 Å². The van der Waals surface area contributed by atoms with E-state index >= 15 is 0 Å². The van der Waals surface area contributed by atoms with E-state index in [-0.39, 0.29) is 6.42 Å². The number of hydrogen-bond donors (Lipinski definition) is 2. The first-order chi connectivity index (χ1) is 7.22. The fourth-order valence-electron chi connectivity index (χ4n) is 1.14. The molecule has 1 aromatic rings. The minimum atomic E-state index is -0.394. The highest BCUT2D eigenvalue weighted by atomic mass is 16.1. The molecular formula is C12H14N2O. The third kappa shape index (κ3) is 4.30. The number of amides is 1. The van der Waals surface area contributed by atoms with Gasteiger partial charge in [0.05, 0.1) is 6.42 Å². The number of hydrogen-bond acceptors (Lipinski definition) is 2. The minimum Gasteiger partial charge on any atom is -0.369 e. The van der Waals surface area contributed by atoms with E-state index in [0.717, 1.165) is 12.1 Å². The van der Waals surface area contributed by atoms with Gasteiger partial charge < -0.3 is 11.1 Å². The minimum absolute atomic E-state index is 0.109. The Labute approximate surface area is 89.7 Å². The number of carbonyl (C=O) groups is 1. The van der Waals surface area contributed by atoms with Gasteiger partial charge in [-0.1, -0.05) is 24.0 Å². The molecule has 0 fully saturated rings. The van der Waals surface area contributed by atoms with E-state index in [0.29, 0.717) is 0 Å². The van der Waals surface area contributed by atoms with Crippen LogP contribution in [0.5, 0.6) is 0 Å². The summed E-state index contributed by atoms with van der Waals surface area (Å²) in [4.78, 5) is 10.4. The van der Waals surface area contributed by atoms with Gasteiger partial charge >= 0.3 is 0 Å². The summed E-state index contributed by atoms with van der Waals surface area (Å²) in [5.41, 5.74) is 7.08. The molecule has 0 spiro atoms. The Morgan fingerprint density at radius 2 is 2.07 bits per heavy atom. The number of nitrogens with one attached hydrogen (secondary N) is 1. The molecule has 0 aromatic heterocycles. The molecular weight excluding hydrogens is 188 g/mol. The summed E-state index contributed by atoms with van der Waals surface area (Å²) in [5.74, 6) is 5.19. The third-order valence-electron chi connectivity index (χ3n) is 1.83. The molecule has 0 aliphatic carbocycles. The van der Waals surface area contributed by atoms with Crippen LogP contribution in [-0.2, 0) is 11.3 Å². The van der Waals surface area contributed by atoms with Crippen LogP contribution in [0.4, 0.5) is 0 Å². The van der Waals surface area contributed by atoms with Crippen molar-refractivity contribution in [3.8, 4) is 11.8 Å². The maximum Gasteiger partial charge on any atom is 0.229 e. The van der Waals surface area contributed by atoms with Gasteiger partial charge in [0.2, 0.25) is 5.91 Å². The molecule has 0 saturated carbocycles. The molecule has 0 radical (unpaired) electrons. The zero-order valence-corrected chi connectivity index (χ0v) is 8.71. The fourth-order valence-corrected chi connectivity index (χ4v) is 1.14. The summed E-state index contributed by atoms with van der Waals surface area (Å²) in [6.07, 6.45) is 0.109. The molecule has 1 aromatic carbocycles. The molecule has 3 N–H and O–H groups in total. The van der Waals surface area contributed by atoms with E-state index in [1.54, 1.807) is 0 Å². The smallest absolute Gasteiger partial charge is 0.229 e.